The third-order valence-electron chi connectivity index (χ3n) is 13.1. The molecule has 0 spiro atoms. The highest BCUT2D eigenvalue weighted by molar-refractivity contribution is 5.93. The maximum absolute atomic E-state index is 13.3. The maximum atomic E-state index is 13.3. The first-order valence-corrected chi connectivity index (χ1v) is 27.4. The molecule has 1 aromatic heterocycles. The number of Topliss-reactive ketones (excluding diaryl/α,β-unsaturated/α-hetero) is 6. The Bertz CT molecular complexity index is 1750. The Kier molecular flexibility index (Phi) is 38.1. The van der Waals surface area contributed by atoms with Crippen molar-refractivity contribution < 1.29 is 57.7 Å². The monoisotopic (exact) mass is 1030 g/mol. The molecule has 0 radical (unpaired) electrons. The predicted octanol–water partition coefficient (Wildman–Crippen LogP) is 7.07. The topological polar surface area (TPSA) is 283 Å². The van der Waals surface area contributed by atoms with Gasteiger partial charge in [-0.15, -0.1) is 0 Å². The molecule has 2 amide bonds. The van der Waals surface area contributed by atoms with E-state index in [2.05, 4.69) is 32.8 Å². The SMILES string of the molecule is CCCCCCCCCCCCCCCC(=O)CCCC(=O)C[C@@H](CCC(=O)NCCOCCOCC(=O)NCCCC[C@H](CCC(=O)C(C)(C)CC(=O)[C@@H](N)Cc1cnc[nH]1)C(=O)CNCC(C)=O)C(=O)O. The third kappa shape index (κ3) is 36.1. The molecule has 0 bridgehead atoms. The lowest BCUT2D eigenvalue weighted by atomic mass is 9.78. The number of nitrogens with zero attached hydrogens (tertiary/aromatic N) is 1. The van der Waals surface area contributed by atoms with E-state index in [0.717, 1.165) is 25.0 Å². The minimum absolute atomic E-state index is 0.0132. The zero-order chi connectivity index (χ0) is 54.1. The van der Waals surface area contributed by atoms with E-state index in [4.69, 9.17) is 15.2 Å². The molecule has 0 aliphatic heterocycles. The second-order valence-electron chi connectivity index (χ2n) is 20.4. The number of carboxylic acids is 1. The van der Waals surface area contributed by atoms with Gasteiger partial charge in [-0.25, -0.2) is 4.98 Å². The Balaban J connectivity index is 2.21. The molecule has 7 N–H and O–H groups in total. The Hall–Kier alpha value is -4.52. The van der Waals surface area contributed by atoms with Crippen LogP contribution in [0.1, 0.15) is 200 Å². The zero-order valence-electron chi connectivity index (χ0n) is 45.1. The number of aromatic nitrogens is 2. The van der Waals surface area contributed by atoms with Gasteiger partial charge in [0.05, 0.1) is 51.2 Å². The number of unbranched alkanes of at least 4 members (excludes halogenated alkanes) is 13. The molecule has 3 atom stereocenters. The van der Waals surface area contributed by atoms with Gasteiger partial charge in [-0.3, -0.25) is 43.2 Å². The third-order valence-corrected chi connectivity index (χ3v) is 13.1. The number of nitrogens with one attached hydrogen (secondary N) is 4. The first kappa shape index (κ1) is 66.5. The lowest BCUT2D eigenvalue weighted by Crippen LogP contribution is -2.38. The number of hydrogen-bond acceptors (Lipinski definition) is 14. The Morgan fingerprint density at radius 1 is 0.658 bits per heavy atom. The summed E-state index contributed by atoms with van der Waals surface area (Å²) in [5, 5.41) is 18.0. The highest BCUT2D eigenvalue weighted by Crippen LogP contribution is 2.28. The number of hydrogen-bond donors (Lipinski definition) is 6. The molecular formula is C55H94N6O12. The summed E-state index contributed by atoms with van der Waals surface area (Å²) < 4.78 is 10.8. The van der Waals surface area contributed by atoms with Gasteiger partial charge < -0.3 is 41.2 Å². The number of carboxylic acid groups (broad SMARTS) is 1. The molecule has 0 aromatic carbocycles. The van der Waals surface area contributed by atoms with Gasteiger partial charge in [-0.05, 0) is 45.4 Å². The van der Waals surface area contributed by atoms with Crippen molar-refractivity contribution in [1.29, 1.82) is 0 Å². The molecule has 1 aromatic rings. The number of aliphatic carboxylic acids is 1. The Morgan fingerprint density at radius 3 is 1.89 bits per heavy atom. The number of ketones is 6. The minimum atomic E-state index is -1.13. The van der Waals surface area contributed by atoms with Crippen molar-refractivity contribution in [2.24, 2.45) is 23.0 Å². The normalized spacial score (nSPS) is 12.7. The van der Waals surface area contributed by atoms with Crippen LogP contribution in [-0.4, -0.2) is 126 Å². The smallest absolute Gasteiger partial charge is 0.306 e. The summed E-state index contributed by atoms with van der Waals surface area (Å²) in [5.74, 6) is -3.95. The number of aromatic amines is 1. The van der Waals surface area contributed by atoms with Crippen molar-refractivity contribution in [2.75, 3.05) is 52.6 Å². The van der Waals surface area contributed by atoms with Crippen LogP contribution < -0.4 is 21.7 Å². The standard InChI is InChI=1S/C55H94N6O12/c1-5-6-7-8-9-10-11-12-13-14-15-16-17-22-46(63)23-20-24-47(64)34-44(54(70)71)26-28-52(68)60-30-31-72-32-33-73-40-53(69)59-29-19-18-21-43(50(66)39-57-37-42(2)62)25-27-51(67)55(3,4)36-49(65)48(56)35-45-38-58-41-61-45/h38,41,43-44,48,57H,5-37,39-40,56H2,1-4H3,(H,58,61)(H,59,69)(H,60,68)(H,70,71)/t43-,44-,48+/m1/s1. The van der Waals surface area contributed by atoms with Gasteiger partial charge in [-0.2, -0.15) is 0 Å². The molecule has 18 nitrogen and oxygen atoms in total. The van der Waals surface area contributed by atoms with E-state index in [-0.39, 0.29) is 144 Å². The number of rotatable bonds is 51. The van der Waals surface area contributed by atoms with E-state index in [1.54, 1.807) is 20.0 Å². The fourth-order valence-corrected chi connectivity index (χ4v) is 8.50. The number of ether oxygens (including phenoxy) is 2. The van der Waals surface area contributed by atoms with Crippen LogP contribution in [0.2, 0.25) is 0 Å². The van der Waals surface area contributed by atoms with Gasteiger partial charge in [-0.1, -0.05) is 104 Å². The van der Waals surface area contributed by atoms with Gasteiger partial charge >= 0.3 is 5.97 Å². The molecule has 0 unspecified atom stereocenters. The van der Waals surface area contributed by atoms with Crippen LogP contribution in [0.4, 0.5) is 0 Å². The van der Waals surface area contributed by atoms with E-state index < -0.39 is 29.3 Å². The van der Waals surface area contributed by atoms with E-state index >= 15 is 0 Å². The van der Waals surface area contributed by atoms with E-state index in [1.807, 2.05) is 0 Å². The largest absolute Gasteiger partial charge is 0.481 e. The molecule has 0 fully saturated rings. The van der Waals surface area contributed by atoms with E-state index in [1.165, 1.54) is 77.5 Å². The number of imidazole rings is 1. The predicted molar refractivity (Wildman–Crippen MR) is 281 cm³/mol. The van der Waals surface area contributed by atoms with Crippen molar-refractivity contribution in [2.45, 2.75) is 207 Å². The summed E-state index contributed by atoms with van der Waals surface area (Å²) in [4.78, 5) is 119. The molecule has 18 heteroatoms. The average molecular weight is 1030 g/mol. The summed E-state index contributed by atoms with van der Waals surface area (Å²) in [6, 6.07) is -0.785. The number of carbonyl (C=O) groups excluding carboxylic acids is 8. The quantitative estimate of drug-likeness (QED) is 0.0356. The van der Waals surface area contributed by atoms with Gasteiger partial charge in [0.15, 0.2) is 5.78 Å². The highest BCUT2D eigenvalue weighted by atomic mass is 16.5. The fraction of sp³-hybridized carbons (Fsp3) is 0.782. The van der Waals surface area contributed by atoms with Gasteiger partial charge in [0.1, 0.15) is 35.5 Å². The van der Waals surface area contributed by atoms with Crippen LogP contribution in [0.25, 0.3) is 0 Å². The van der Waals surface area contributed by atoms with Crippen LogP contribution >= 0.6 is 0 Å². The number of carbonyl (C=O) groups is 9. The first-order valence-electron chi connectivity index (χ1n) is 27.4. The molecule has 416 valence electrons. The molecule has 0 aliphatic rings. The molecular weight excluding hydrogens is 937 g/mol. The van der Waals surface area contributed by atoms with E-state index in [9.17, 15) is 48.3 Å². The lowest BCUT2D eigenvalue weighted by Gasteiger charge is -2.25. The van der Waals surface area contributed by atoms with Gasteiger partial charge in [0.2, 0.25) is 11.8 Å². The summed E-state index contributed by atoms with van der Waals surface area (Å²) >= 11 is 0. The Morgan fingerprint density at radius 2 is 1.26 bits per heavy atom. The van der Waals surface area contributed by atoms with E-state index in [0.29, 0.717) is 45.1 Å². The van der Waals surface area contributed by atoms with Crippen molar-refractivity contribution in [3.8, 4) is 0 Å². The Labute approximate surface area is 435 Å². The van der Waals surface area contributed by atoms with Crippen LogP contribution in [0.5, 0.6) is 0 Å². The second kappa shape index (κ2) is 41.8. The summed E-state index contributed by atoms with van der Waals surface area (Å²) in [7, 11) is 0. The van der Waals surface area contributed by atoms with Crippen molar-refractivity contribution in [3.05, 3.63) is 18.2 Å². The molecule has 0 saturated heterocycles. The summed E-state index contributed by atoms with van der Waals surface area (Å²) in [6.45, 7) is 7.92. The lowest BCUT2D eigenvalue weighted by molar-refractivity contribution is -0.144. The van der Waals surface area contributed by atoms with Gasteiger partial charge in [0, 0.05) is 87.7 Å². The van der Waals surface area contributed by atoms with Crippen molar-refractivity contribution in [3.63, 3.8) is 0 Å². The second-order valence-corrected chi connectivity index (χ2v) is 20.4. The zero-order valence-corrected chi connectivity index (χ0v) is 45.1. The molecule has 1 heterocycles. The average Bonchev–Trinajstić information content (AvgIpc) is 3.86. The van der Waals surface area contributed by atoms with Crippen molar-refractivity contribution in [1.82, 2.24) is 25.9 Å². The minimum Gasteiger partial charge on any atom is -0.481 e. The number of H-pyrrole nitrogens is 1. The van der Waals surface area contributed by atoms with Gasteiger partial charge in [0.25, 0.3) is 0 Å². The van der Waals surface area contributed by atoms with Crippen LogP contribution in [0.15, 0.2) is 12.5 Å². The molecule has 0 saturated carbocycles. The highest BCUT2D eigenvalue weighted by Gasteiger charge is 2.33. The molecule has 0 aliphatic carbocycles. The first-order chi connectivity index (χ1) is 34.9. The summed E-state index contributed by atoms with van der Waals surface area (Å²) in [6.07, 6.45) is 22.7. The fourth-order valence-electron chi connectivity index (χ4n) is 8.50. The van der Waals surface area contributed by atoms with Crippen LogP contribution in [0.3, 0.4) is 0 Å². The number of nitrogens with two attached hydrogens (primary N) is 1. The van der Waals surface area contributed by atoms with Crippen LogP contribution in [-0.2, 0) is 59.0 Å². The van der Waals surface area contributed by atoms with Crippen molar-refractivity contribution >= 4 is 52.5 Å². The molecule has 73 heavy (non-hydrogen) atoms. The maximum Gasteiger partial charge on any atom is 0.306 e. The number of amides is 2. The molecule has 1 rings (SSSR count). The van der Waals surface area contributed by atoms with Crippen LogP contribution in [0, 0.1) is 17.3 Å². The summed E-state index contributed by atoms with van der Waals surface area (Å²) in [5.41, 5.74) is 5.86.